The molecule has 1 atom stereocenters. The highest BCUT2D eigenvalue weighted by molar-refractivity contribution is 4.81. The molecule has 0 amide bonds. The Morgan fingerprint density at radius 2 is 2.09 bits per heavy atom. The van der Waals surface area contributed by atoms with Gasteiger partial charge in [0, 0.05) is 19.0 Å². The zero-order chi connectivity index (χ0) is 8.53. The van der Waals surface area contributed by atoms with E-state index in [9.17, 15) is 0 Å². The minimum Gasteiger partial charge on any atom is -0.395 e. The average molecular weight is 153 g/mol. The smallest absolute Gasteiger partial charge is 0.0639 e. The van der Waals surface area contributed by atoms with E-state index in [0.717, 1.165) is 0 Å². The van der Waals surface area contributed by atoms with Gasteiger partial charge in [0.2, 0.25) is 0 Å². The molecule has 0 saturated carbocycles. The van der Waals surface area contributed by atoms with Crippen LogP contribution in [-0.2, 0) is 0 Å². The van der Waals surface area contributed by atoms with Crippen LogP contribution < -0.4 is 5.32 Å². The molecule has 4 nitrogen and oxygen atoms in total. The number of nitrogens with zero attached hydrogens (tertiary/aromatic N) is 2. The van der Waals surface area contributed by atoms with Crippen molar-refractivity contribution in [3.8, 4) is 12.1 Å². The highest BCUT2D eigenvalue weighted by atomic mass is 16.3. The zero-order valence-electron chi connectivity index (χ0n) is 6.25. The number of aliphatic hydroxyl groups is 1. The third-order valence-corrected chi connectivity index (χ3v) is 1.23. The molecule has 0 aliphatic rings. The van der Waals surface area contributed by atoms with Gasteiger partial charge in [0.05, 0.1) is 25.2 Å². The summed E-state index contributed by atoms with van der Waals surface area (Å²) in [6, 6.07) is 3.72. The van der Waals surface area contributed by atoms with Crippen LogP contribution >= 0.6 is 0 Å². The topological polar surface area (TPSA) is 79.8 Å². The van der Waals surface area contributed by atoms with Crippen LogP contribution in [0.1, 0.15) is 12.8 Å². The minimum atomic E-state index is -0.187. The highest BCUT2D eigenvalue weighted by Crippen LogP contribution is 1.88. The van der Waals surface area contributed by atoms with Gasteiger partial charge in [0.25, 0.3) is 0 Å². The summed E-state index contributed by atoms with van der Waals surface area (Å²) < 4.78 is 0. The maximum Gasteiger partial charge on any atom is 0.0639 e. The Bertz CT molecular complexity index is 168. The molecule has 4 heteroatoms. The fourth-order valence-electron chi connectivity index (χ4n) is 0.644. The molecule has 0 aliphatic heterocycles. The van der Waals surface area contributed by atoms with Crippen molar-refractivity contribution in [3.05, 3.63) is 0 Å². The van der Waals surface area contributed by atoms with Gasteiger partial charge in [0.15, 0.2) is 0 Å². The lowest BCUT2D eigenvalue weighted by Gasteiger charge is -2.10. The molecule has 11 heavy (non-hydrogen) atoms. The van der Waals surface area contributed by atoms with Crippen LogP contribution in [0.5, 0.6) is 0 Å². The van der Waals surface area contributed by atoms with Crippen molar-refractivity contribution < 1.29 is 5.11 Å². The van der Waals surface area contributed by atoms with Crippen LogP contribution in [0, 0.1) is 22.7 Å². The average Bonchev–Trinajstić information content (AvgIpc) is 2.03. The summed E-state index contributed by atoms with van der Waals surface area (Å²) in [5.74, 6) is 0. The standard InChI is InChI=1S/C7H11N3O/c8-3-1-5-10-7(6-11)2-4-9/h7,10-11H,1-2,5-6H2/t7-/m1/s1. The Kier molecular flexibility index (Phi) is 6.31. The summed E-state index contributed by atoms with van der Waals surface area (Å²) in [5, 5.41) is 28.0. The van der Waals surface area contributed by atoms with E-state index in [0.29, 0.717) is 13.0 Å². The fourth-order valence-corrected chi connectivity index (χ4v) is 0.644. The van der Waals surface area contributed by atoms with Gasteiger partial charge in [-0.05, 0) is 0 Å². The van der Waals surface area contributed by atoms with E-state index in [2.05, 4.69) is 5.32 Å². The van der Waals surface area contributed by atoms with Gasteiger partial charge in [0.1, 0.15) is 0 Å². The molecule has 0 heterocycles. The third-order valence-electron chi connectivity index (χ3n) is 1.23. The lowest BCUT2D eigenvalue weighted by atomic mass is 10.2. The molecule has 0 bridgehead atoms. The first-order chi connectivity index (χ1) is 5.35. The fraction of sp³-hybridized carbons (Fsp3) is 0.714. The predicted molar refractivity (Wildman–Crippen MR) is 39.3 cm³/mol. The molecule has 0 unspecified atom stereocenters. The molecule has 0 aliphatic carbocycles. The Balaban J connectivity index is 3.39. The SMILES string of the molecule is N#CCCN[C@@H](CO)CC#N. The first-order valence-electron chi connectivity index (χ1n) is 3.43. The van der Waals surface area contributed by atoms with Crippen molar-refractivity contribution in [1.82, 2.24) is 5.32 Å². The van der Waals surface area contributed by atoms with Crippen molar-refractivity contribution in [2.24, 2.45) is 0 Å². The number of nitriles is 2. The summed E-state index contributed by atoms with van der Waals surface area (Å²) in [6.45, 7) is 0.475. The second-order valence-electron chi connectivity index (χ2n) is 2.10. The minimum absolute atomic E-state index is 0.0566. The zero-order valence-corrected chi connectivity index (χ0v) is 6.25. The summed E-state index contributed by atoms with van der Waals surface area (Å²) in [6.07, 6.45) is 0.684. The first-order valence-corrected chi connectivity index (χ1v) is 3.43. The second kappa shape index (κ2) is 7.01. The maximum atomic E-state index is 8.66. The highest BCUT2D eigenvalue weighted by Gasteiger charge is 2.03. The molecular weight excluding hydrogens is 142 g/mol. The van der Waals surface area contributed by atoms with E-state index in [1.807, 2.05) is 12.1 Å². The number of nitrogens with one attached hydrogen (secondary N) is 1. The molecule has 0 aromatic carbocycles. The van der Waals surface area contributed by atoms with E-state index < -0.39 is 0 Å². The summed E-state index contributed by atoms with van der Waals surface area (Å²) in [7, 11) is 0. The van der Waals surface area contributed by atoms with Gasteiger partial charge in [-0.25, -0.2) is 0 Å². The van der Waals surface area contributed by atoms with Crippen LogP contribution in [0.25, 0.3) is 0 Å². The Morgan fingerprint density at radius 1 is 1.36 bits per heavy atom. The van der Waals surface area contributed by atoms with Gasteiger partial charge < -0.3 is 10.4 Å². The molecule has 0 rings (SSSR count). The number of hydrogen-bond acceptors (Lipinski definition) is 4. The van der Waals surface area contributed by atoms with Crippen LogP contribution in [0.3, 0.4) is 0 Å². The third kappa shape index (κ3) is 5.35. The van der Waals surface area contributed by atoms with Gasteiger partial charge in [-0.1, -0.05) is 0 Å². The molecule has 0 saturated heterocycles. The molecule has 60 valence electrons. The van der Waals surface area contributed by atoms with E-state index in [4.69, 9.17) is 15.6 Å². The summed E-state index contributed by atoms with van der Waals surface area (Å²) in [4.78, 5) is 0. The Labute approximate surface area is 66.1 Å². The van der Waals surface area contributed by atoms with Crippen molar-refractivity contribution in [1.29, 1.82) is 10.5 Å². The lowest BCUT2D eigenvalue weighted by Crippen LogP contribution is -2.32. The van der Waals surface area contributed by atoms with Crippen LogP contribution in [0.4, 0.5) is 0 Å². The number of aliphatic hydroxyl groups excluding tert-OH is 1. The largest absolute Gasteiger partial charge is 0.395 e. The quantitative estimate of drug-likeness (QED) is 0.534. The predicted octanol–water partition coefficient (Wildman–Crippen LogP) is -0.236. The summed E-state index contributed by atoms with van der Waals surface area (Å²) >= 11 is 0. The molecule has 0 radical (unpaired) electrons. The van der Waals surface area contributed by atoms with Gasteiger partial charge in [-0.3, -0.25) is 0 Å². The van der Waals surface area contributed by atoms with Crippen LogP contribution in [-0.4, -0.2) is 24.3 Å². The molecule has 0 spiro atoms. The second-order valence-corrected chi connectivity index (χ2v) is 2.10. The Hall–Kier alpha value is -1.10. The van der Waals surface area contributed by atoms with Crippen molar-refractivity contribution in [2.45, 2.75) is 18.9 Å². The van der Waals surface area contributed by atoms with Crippen molar-refractivity contribution in [3.63, 3.8) is 0 Å². The first kappa shape index (κ1) is 9.90. The monoisotopic (exact) mass is 153 g/mol. The van der Waals surface area contributed by atoms with Crippen molar-refractivity contribution in [2.75, 3.05) is 13.2 Å². The summed E-state index contributed by atoms with van der Waals surface area (Å²) in [5.41, 5.74) is 0. The van der Waals surface area contributed by atoms with E-state index >= 15 is 0 Å². The van der Waals surface area contributed by atoms with E-state index in [-0.39, 0.29) is 19.1 Å². The van der Waals surface area contributed by atoms with Crippen LogP contribution in [0.2, 0.25) is 0 Å². The van der Waals surface area contributed by atoms with Gasteiger partial charge >= 0.3 is 0 Å². The molecule has 0 fully saturated rings. The molecular formula is C7H11N3O. The van der Waals surface area contributed by atoms with E-state index in [1.165, 1.54) is 0 Å². The Morgan fingerprint density at radius 3 is 2.55 bits per heavy atom. The van der Waals surface area contributed by atoms with Crippen LogP contribution in [0.15, 0.2) is 0 Å². The molecule has 2 N–H and O–H groups in total. The molecule has 0 aromatic heterocycles. The molecule has 0 aromatic rings. The van der Waals surface area contributed by atoms with Crippen molar-refractivity contribution >= 4 is 0 Å². The lowest BCUT2D eigenvalue weighted by molar-refractivity contribution is 0.245. The van der Waals surface area contributed by atoms with Gasteiger partial charge in [-0.15, -0.1) is 0 Å². The number of rotatable bonds is 5. The maximum absolute atomic E-state index is 8.66. The normalized spacial score (nSPS) is 11.5. The van der Waals surface area contributed by atoms with E-state index in [1.54, 1.807) is 0 Å². The van der Waals surface area contributed by atoms with Gasteiger partial charge in [-0.2, -0.15) is 10.5 Å². The number of hydrogen-bond donors (Lipinski definition) is 2.